The number of para-hydroxylation sites is 1. The van der Waals surface area contributed by atoms with E-state index < -0.39 is 11.6 Å². The molecular formula is C17H11NO6. The fourth-order valence-corrected chi connectivity index (χ4v) is 2.34. The van der Waals surface area contributed by atoms with Gasteiger partial charge in [-0.2, -0.15) is 0 Å². The molecule has 1 heterocycles. The first-order valence-corrected chi connectivity index (χ1v) is 6.85. The van der Waals surface area contributed by atoms with Crippen LogP contribution in [0.5, 0.6) is 5.75 Å². The van der Waals surface area contributed by atoms with Crippen molar-refractivity contribution < 1.29 is 24.2 Å². The maximum absolute atomic E-state index is 11.9. The van der Waals surface area contributed by atoms with Crippen LogP contribution in [0.1, 0.15) is 20.7 Å². The molecule has 7 nitrogen and oxygen atoms in total. The van der Waals surface area contributed by atoms with Crippen molar-refractivity contribution in [3.63, 3.8) is 0 Å². The Hall–Kier alpha value is -3.61. The van der Waals surface area contributed by atoms with Crippen molar-refractivity contribution in [2.75, 3.05) is 5.32 Å². The van der Waals surface area contributed by atoms with E-state index in [2.05, 4.69) is 5.32 Å². The summed E-state index contributed by atoms with van der Waals surface area (Å²) < 4.78 is 5.08. The number of hydrogen-bond donors (Lipinski definition) is 3. The number of carboxylic acid groups (broad SMARTS) is 1. The summed E-state index contributed by atoms with van der Waals surface area (Å²) in [5.41, 5.74) is -0.530. The van der Waals surface area contributed by atoms with E-state index in [0.717, 1.165) is 0 Å². The smallest absolute Gasteiger partial charge is 0.349 e. The van der Waals surface area contributed by atoms with Crippen LogP contribution in [0.15, 0.2) is 51.7 Å². The summed E-state index contributed by atoms with van der Waals surface area (Å²) in [6.07, 6.45) is 0.374. The zero-order valence-corrected chi connectivity index (χ0v) is 12.1. The fourth-order valence-electron chi connectivity index (χ4n) is 2.34. The first kappa shape index (κ1) is 15.3. The van der Waals surface area contributed by atoms with E-state index in [9.17, 15) is 19.5 Å². The number of aromatic carboxylic acids is 1. The van der Waals surface area contributed by atoms with Gasteiger partial charge in [-0.05, 0) is 30.3 Å². The zero-order valence-electron chi connectivity index (χ0n) is 12.1. The van der Waals surface area contributed by atoms with Crippen molar-refractivity contribution in [1.82, 2.24) is 0 Å². The minimum atomic E-state index is -1.30. The van der Waals surface area contributed by atoms with Gasteiger partial charge in [-0.1, -0.05) is 12.1 Å². The predicted octanol–water partition coefficient (Wildman–Crippen LogP) is 2.75. The number of phenols is 1. The molecule has 3 rings (SSSR count). The third kappa shape index (κ3) is 2.58. The van der Waals surface area contributed by atoms with Crippen molar-refractivity contribution in [3.8, 4) is 5.75 Å². The summed E-state index contributed by atoms with van der Waals surface area (Å²) in [6.45, 7) is 0. The van der Waals surface area contributed by atoms with E-state index in [1.54, 1.807) is 24.3 Å². The minimum absolute atomic E-state index is 0.207. The Bertz CT molecular complexity index is 1020. The lowest BCUT2D eigenvalue weighted by Crippen LogP contribution is -2.11. The molecule has 3 aromatic rings. The Kier molecular flexibility index (Phi) is 3.75. The Morgan fingerprint density at radius 2 is 1.92 bits per heavy atom. The maximum Gasteiger partial charge on any atom is 0.349 e. The van der Waals surface area contributed by atoms with Gasteiger partial charge in [0.15, 0.2) is 6.29 Å². The van der Waals surface area contributed by atoms with E-state index >= 15 is 0 Å². The largest absolute Gasteiger partial charge is 0.507 e. The highest BCUT2D eigenvalue weighted by Crippen LogP contribution is 2.29. The second-order valence-corrected chi connectivity index (χ2v) is 4.95. The molecule has 120 valence electrons. The summed E-state index contributed by atoms with van der Waals surface area (Å²) >= 11 is 0. The number of benzene rings is 2. The molecule has 24 heavy (non-hydrogen) atoms. The monoisotopic (exact) mass is 325 g/mol. The van der Waals surface area contributed by atoms with Gasteiger partial charge in [0.1, 0.15) is 22.5 Å². The molecule has 0 radical (unpaired) electrons. The van der Waals surface area contributed by atoms with Gasteiger partial charge in [0.25, 0.3) is 0 Å². The first-order valence-electron chi connectivity index (χ1n) is 6.85. The molecule has 0 amide bonds. The highest BCUT2D eigenvalue weighted by Gasteiger charge is 2.16. The van der Waals surface area contributed by atoms with Gasteiger partial charge in [-0.25, -0.2) is 9.59 Å². The van der Waals surface area contributed by atoms with Crippen LogP contribution >= 0.6 is 0 Å². The van der Waals surface area contributed by atoms with Gasteiger partial charge in [-0.3, -0.25) is 4.79 Å². The van der Waals surface area contributed by atoms with Crippen LogP contribution in [-0.4, -0.2) is 22.5 Å². The van der Waals surface area contributed by atoms with Gasteiger partial charge in [0, 0.05) is 11.1 Å². The highest BCUT2D eigenvalue weighted by molar-refractivity contribution is 6.01. The Morgan fingerprint density at radius 1 is 1.17 bits per heavy atom. The molecule has 3 N–H and O–H groups in total. The zero-order chi connectivity index (χ0) is 17.3. The molecule has 0 saturated carbocycles. The Labute approximate surface area is 134 Å². The number of rotatable bonds is 4. The van der Waals surface area contributed by atoms with Crippen molar-refractivity contribution in [1.29, 1.82) is 0 Å². The predicted molar refractivity (Wildman–Crippen MR) is 86.2 cm³/mol. The molecule has 0 bridgehead atoms. The standard InChI is InChI=1S/C17H11NO6/c19-8-12-15(10-3-1-2-4-14(10)24-17(12)23)18-9-5-6-13(20)11(7-9)16(21)22/h1-8,18,20H,(H,21,22). The number of carboxylic acids is 1. The minimum Gasteiger partial charge on any atom is -0.507 e. The van der Waals surface area contributed by atoms with Gasteiger partial charge in [0.2, 0.25) is 0 Å². The van der Waals surface area contributed by atoms with Crippen LogP contribution in [0.4, 0.5) is 11.4 Å². The van der Waals surface area contributed by atoms with Crippen LogP contribution in [0.25, 0.3) is 11.0 Å². The summed E-state index contributed by atoms with van der Waals surface area (Å²) in [7, 11) is 0. The topological polar surface area (TPSA) is 117 Å². The third-order valence-corrected chi connectivity index (χ3v) is 3.46. The molecule has 0 atom stereocenters. The van der Waals surface area contributed by atoms with Gasteiger partial charge in [-0.15, -0.1) is 0 Å². The van der Waals surface area contributed by atoms with Crippen molar-refractivity contribution in [2.24, 2.45) is 0 Å². The van der Waals surface area contributed by atoms with Crippen molar-refractivity contribution in [2.45, 2.75) is 0 Å². The molecule has 0 fully saturated rings. The van der Waals surface area contributed by atoms with E-state index in [0.29, 0.717) is 17.4 Å². The Morgan fingerprint density at radius 3 is 2.62 bits per heavy atom. The highest BCUT2D eigenvalue weighted by atomic mass is 16.4. The number of aldehydes is 1. The summed E-state index contributed by atoms with van der Waals surface area (Å²) in [4.78, 5) is 34.3. The molecule has 0 saturated heterocycles. The molecule has 1 aromatic heterocycles. The SMILES string of the molecule is O=Cc1c(Nc2ccc(O)c(C(=O)O)c2)c2ccccc2oc1=O. The van der Waals surface area contributed by atoms with Crippen LogP contribution in [-0.2, 0) is 0 Å². The van der Waals surface area contributed by atoms with Crippen LogP contribution in [0.3, 0.4) is 0 Å². The summed E-state index contributed by atoms with van der Waals surface area (Å²) in [5, 5.41) is 22.0. The second kappa shape index (κ2) is 5.88. The van der Waals surface area contributed by atoms with E-state index in [1.165, 1.54) is 18.2 Å². The number of anilines is 2. The number of nitrogens with one attached hydrogen (secondary N) is 1. The molecule has 2 aromatic carbocycles. The lowest BCUT2D eigenvalue weighted by molar-refractivity contribution is 0.0693. The van der Waals surface area contributed by atoms with Crippen molar-refractivity contribution >= 4 is 34.6 Å². The van der Waals surface area contributed by atoms with Crippen molar-refractivity contribution in [3.05, 3.63) is 64.0 Å². The molecule has 0 aliphatic rings. The quantitative estimate of drug-likeness (QED) is 0.383. The van der Waals surface area contributed by atoms with Crippen LogP contribution < -0.4 is 10.9 Å². The Balaban J connectivity index is 2.20. The number of fused-ring (bicyclic) bond motifs is 1. The van der Waals surface area contributed by atoms with E-state index in [-0.39, 0.29) is 28.1 Å². The van der Waals surface area contributed by atoms with Gasteiger partial charge < -0.3 is 19.9 Å². The van der Waals surface area contributed by atoms with Gasteiger partial charge >= 0.3 is 11.6 Å². The van der Waals surface area contributed by atoms with E-state index in [4.69, 9.17) is 9.52 Å². The molecule has 0 aliphatic heterocycles. The number of carbonyl (C=O) groups excluding carboxylic acids is 1. The van der Waals surface area contributed by atoms with Crippen LogP contribution in [0, 0.1) is 0 Å². The number of carbonyl (C=O) groups is 2. The molecule has 7 heteroatoms. The average Bonchev–Trinajstić information content (AvgIpc) is 2.56. The number of hydrogen-bond acceptors (Lipinski definition) is 6. The fraction of sp³-hybridized carbons (Fsp3) is 0. The van der Waals surface area contributed by atoms with Crippen LogP contribution in [0.2, 0.25) is 0 Å². The lowest BCUT2D eigenvalue weighted by Gasteiger charge is -2.12. The molecular weight excluding hydrogens is 314 g/mol. The van der Waals surface area contributed by atoms with E-state index in [1.807, 2.05) is 0 Å². The normalized spacial score (nSPS) is 10.5. The molecule has 0 unspecified atom stereocenters. The first-order chi connectivity index (χ1) is 11.5. The number of aromatic hydroxyl groups is 1. The third-order valence-electron chi connectivity index (χ3n) is 3.46. The second-order valence-electron chi connectivity index (χ2n) is 4.95. The summed E-state index contributed by atoms with van der Waals surface area (Å²) in [5.74, 6) is -1.69. The molecule has 0 spiro atoms. The lowest BCUT2D eigenvalue weighted by atomic mass is 10.1. The maximum atomic E-state index is 11.9. The molecule has 0 aliphatic carbocycles. The summed E-state index contributed by atoms with van der Waals surface area (Å²) in [6, 6.07) is 10.5. The van der Waals surface area contributed by atoms with Gasteiger partial charge in [0.05, 0.1) is 5.69 Å². The average molecular weight is 325 g/mol.